The van der Waals surface area contributed by atoms with Crippen LogP contribution < -0.4 is 14.8 Å². The van der Waals surface area contributed by atoms with Gasteiger partial charge in [0.2, 0.25) is 0 Å². The molecular formula is C20H23NO4. The molecule has 0 saturated heterocycles. The van der Waals surface area contributed by atoms with Crippen molar-refractivity contribution in [3.63, 3.8) is 0 Å². The van der Waals surface area contributed by atoms with Gasteiger partial charge in [-0.15, -0.1) is 0 Å². The third kappa shape index (κ3) is 5.35. The van der Waals surface area contributed by atoms with Gasteiger partial charge in [-0.3, -0.25) is 9.59 Å². The van der Waals surface area contributed by atoms with E-state index >= 15 is 0 Å². The van der Waals surface area contributed by atoms with Crippen molar-refractivity contribution in [2.24, 2.45) is 0 Å². The van der Waals surface area contributed by atoms with Gasteiger partial charge in [0.15, 0.2) is 12.4 Å². The first kappa shape index (κ1) is 18.5. The van der Waals surface area contributed by atoms with Crippen molar-refractivity contribution in [2.75, 3.05) is 13.7 Å². The molecule has 2 aromatic carbocycles. The van der Waals surface area contributed by atoms with E-state index in [0.717, 1.165) is 17.7 Å². The Morgan fingerprint density at radius 2 is 1.60 bits per heavy atom. The van der Waals surface area contributed by atoms with Crippen LogP contribution >= 0.6 is 0 Å². The Balaban J connectivity index is 1.89. The van der Waals surface area contributed by atoms with Crippen molar-refractivity contribution in [1.82, 2.24) is 5.32 Å². The molecule has 5 heteroatoms. The summed E-state index contributed by atoms with van der Waals surface area (Å²) in [4.78, 5) is 23.4. The molecule has 25 heavy (non-hydrogen) atoms. The number of methoxy groups -OCH3 is 1. The van der Waals surface area contributed by atoms with Gasteiger partial charge in [-0.25, -0.2) is 0 Å². The molecule has 1 atom stereocenters. The minimum atomic E-state index is -0.196. The van der Waals surface area contributed by atoms with Gasteiger partial charge in [0.1, 0.15) is 11.5 Å². The first-order chi connectivity index (χ1) is 12.0. The Hall–Kier alpha value is -2.82. The smallest absolute Gasteiger partial charge is 0.258 e. The molecule has 1 N–H and O–H groups in total. The van der Waals surface area contributed by atoms with E-state index in [1.165, 1.54) is 6.92 Å². The van der Waals surface area contributed by atoms with Crippen molar-refractivity contribution in [1.29, 1.82) is 0 Å². The second-order valence-electron chi connectivity index (χ2n) is 5.67. The van der Waals surface area contributed by atoms with Crippen LogP contribution in [0.15, 0.2) is 48.5 Å². The number of hydrogen-bond donors (Lipinski definition) is 1. The Kier molecular flexibility index (Phi) is 6.57. The largest absolute Gasteiger partial charge is 0.497 e. The average Bonchev–Trinajstić information content (AvgIpc) is 2.65. The summed E-state index contributed by atoms with van der Waals surface area (Å²) in [7, 11) is 1.62. The van der Waals surface area contributed by atoms with Gasteiger partial charge in [-0.05, 0) is 55.3 Å². The maximum atomic E-state index is 12.1. The average molecular weight is 341 g/mol. The zero-order valence-electron chi connectivity index (χ0n) is 14.7. The second kappa shape index (κ2) is 8.87. The van der Waals surface area contributed by atoms with Crippen LogP contribution in [0.4, 0.5) is 0 Å². The molecule has 0 fully saturated rings. The molecule has 0 saturated carbocycles. The first-order valence-electron chi connectivity index (χ1n) is 8.20. The number of ether oxygens (including phenoxy) is 2. The SMILES string of the molecule is CCC(NC(=O)COc1ccc(C(C)=O)cc1)c1ccc(OC)cc1. The Labute approximate surface area is 148 Å². The number of Topliss-reactive ketones (excluding diaryl/α,β-unsaturated/α-hetero) is 1. The van der Waals surface area contributed by atoms with Crippen molar-refractivity contribution < 1.29 is 19.1 Å². The lowest BCUT2D eigenvalue weighted by atomic mass is 10.0. The van der Waals surface area contributed by atoms with E-state index in [0.29, 0.717) is 11.3 Å². The van der Waals surface area contributed by atoms with E-state index in [2.05, 4.69) is 5.32 Å². The minimum Gasteiger partial charge on any atom is -0.497 e. The predicted molar refractivity (Wildman–Crippen MR) is 96.1 cm³/mol. The summed E-state index contributed by atoms with van der Waals surface area (Å²) in [5, 5.41) is 2.96. The lowest BCUT2D eigenvalue weighted by Gasteiger charge is -2.18. The quantitative estimate of drug-likeness (QED) is 0.746. The highest BCUT2D eigenvalue weighted by atomic mass is 16.5. The summed E-state index contributed by atoms with van der Waals surface area (Å²) in [5.41, 5.74) is 1.63. The predicted octanol–water partition coefficient (Wildman–Crippen LogP) is 3.54. The zero-order chi connectivity index (χ0) is 18.2. The van der Waals surface area contributed by atoms with Crippen LogP contribution in [0.2, 0.25) is 0 Å². The molecule has 0 spiro atoms. The van der Waals surface area contributed by atoms with Crippen LogP contribution in [0.5, 0.6) is 11.5 Å². The minimum absolute atomic E-state index is 0.00503. The van der Waals surface area contributed by atoms with Crippen LogP contribution in [-0.2, 0) is 4.79 Å². The summed E-state index contributed by atoms with van der Waals surface area (Å²) >= 11 is 0. The summed E-state index contributed by atoms with van der Waals surface area (Å²) in [6.45, 7) is 3.44. The van der Waals surface area contributed by atoms with Gasteiger partial charge in [0, 0.05) is 5.56 Å². The zero-order valence-corrected chi connectivity index (χ0v) is 14.7. The topological polar surface area (TPSA) is 64.6 Å². The number of rotatable bonds is 8. The van der Waals surface area contributed by atoms with E-state index < -0.39 is 0 Å². The fraction of sp³-hybridized carbons (Fsp3) is 0.300. The number of hydrogen-bond acceptors (Lipinski definition) is 4. The molecule has 2 rings (SSSR count). The number of amides is 1. The van der Waals surface area contributed by atoms with Crippen LogP contribution in [0, 0.1) is 0 Å². The fourth-order valence-corrected chi connectivity index (χ4v) is 2.43. The number of ketones is 1. The lowest BCUT2D eigenvalue weighted by Crippen LogP contribution is -2.32. The monoisotopic (exact) mass is 341 g/mol. The molecule has 0 aliphatic rings. The second-order valence-corrected chi connectivity index (χ2v) is 5.67. The molecule has 0 radical (unpaired) electrons. The van der Waals surface area contributed by atoms with E-state index in [1.54, 1.807) is 31.4 Å². The van der Waals surface area contributed by atoms with Gasteiger partial charge in [0.05, 0.1) is 13.2 Å². The molecular weight excluding hydrogens is 318 g/mol. The van der Waals surface area contributed by atoms with E-state index in [9.17, 15) is 9.59 Å². The maximum absolute atomic E-state index is 12.1. The summed E-state index contributed by atoms with van der Waals surface area (Å²) in [5.74, 6) is 1.13. The fourth-order valence-electron chi connectivity index (χ4n) is 2.43. The highest BCUT2D eigenvalue weighted by Crippen LogP contribution is 2.20. The van der Waals surface area contributed by atoms with Crippen molar-refractivity contribution in [3.05, 3.63) is 59.7 Å². The van der Waals surface area contributed by atoms with Crippen molar-refractivity contribution in [3.8, 4) is 11.5 Å². The first-order valence-corrected chi connectivity index (χ1v) is 8.20. The van der Waals surface area contributed by atoms with Crippen LogP contribution in [0.25, 0.3) is 0 Å². The lowest BCUT2D eigenvalue weighted by molar-refractivity contribution is -0.123. The molecule has 132 valence electrons. The standard InChI is InChI=1S/C20H23NO4/c1-4-19(16-7-9-17(24-3)10-8-16)21-20(23)13-25-18-11-5-15(6-12-18)14(2)22/h5-12,19H,4,13H2,1-3H3,(H,21,23). The van der Waals surface area contributed by atoms with E-state index in [-0.39, 0.29) is 24.3 Å². The molecule has 1 amide bonds. The molecule has 2 aromatic rings. The normalized spacial score (nSPS) is 11.5. The summed E-state index contributed by atoms with van der Waals surface area (Å²) < 4.78 is 10.6. The van der Waals surface area contributed by atoms with Gasteiger partial charge < -0.3 is 14.8 Å². The van der Waals surface area contributed by atoms with Crippen molar-refractivity contribution in [2.45, 2.75) is 26.3 Å². The third-order valence-corrected chi connectivity index (χ3v) is 3.89. The van der Waals surface area contributed by atoms with Gasteiger partial charge in [-0.2, -0.15) is 0 Å². The van der Waals surface area contributed by atoms with E-state index in [1.807, 2.05) is 31.2 Å². The molecule has 0 aliphatic carbocycles. The van der Waals surface area contributed by atoms with Crippen molar-refractivity contribution >= 4 is 11.7 Å². The van der Waals surface area contributed by atoms with E-state index in [4.69, 9.17) is 9.47 Å². The Morgan fingerprint density at radius 1 is 1.00 bits per heavy atom. The molecule has 0 bridgehead atoms. The molecule has 1 unspecified atom stereocenters. The highest BCUT2D eigenvalue weighted by molar-refractivity contribution is 5.94. The molecule has 0 heterocycles. The maximum Gasteiger partial charge on any atom is 0.258 e. The van der Waals surface area contributed by atoms with Crippen LogP contribution in [0.1, 0.15) is 42.2 Å². The summed E-state index contributed by atoms with van der Waals surface area (Å²) in [6, 6.07) is 14.3. The number of nitrogens with one attached hydrogen (secondary N) is 1. The van der Waals surface area contributed by atoms with Crippen LogP contribution in [-0.4, -0.2) is 25.4 Å². The number of carbonyl (C=O) groups is 2. The van der Waals surface area contributed by atoms with Crippen LogP contribution in [0.3, 0.4) is 0 Å². The van der Waals surface area contributed by atoms with Gasteiger partial charge in [-0.1, -0.05) is 19.1 Å². The summed E-state index contributed by atoms with van der Waals surface area (Å²) in [6.07, 6.45) is 0.769. The van der Waals surface area contributed by atoms with Gasteiger partial charge >= 0.3 is 0 Å². The Morgan fingerprint density at radius 3 is 2.12 bits per heavy atom. The number of benzene rings is 2. The van der Waals surface area contributed by atoms with Gasteiger partial charge in [0.25, 0.3) is 5.91 Å². The molecule has 0 aliphatic heterocycles. The number of carbonyl (C=O) groups excluding carboxylic acids is 2. The molecule has 0 aromatic heterocycles. The highest BCUT2D eigenvalue weighted by Gasteiger charge is 2.13. The molecule has 5 nitrogen and oxygen atoms in total. The Bertz CT molecular complexity index is 707. The third-order valence-electron chi connectivity index (χ3n) is 3.89.